The molecule has 1 amide bonds. The largest absolute Gasteiger partial charge is 0.491 e. The molecule has 1 N–H and O–H groups in total. The van der Waals surface area contributed by atoms with Crippen molar-refractivity contribution in [2.45, 2.75) is 65.6 Å². The number of ether oxygens (including phenoxy) is 2. The zero-order valence-corrected chi connectivity index (χ0v) is 15.3. The summed E-state index contributed by atoms with van der Waals surface area (Å²) in [6.45, 7) is 10.1. The molecule has 0 spiro atoms. The number of nitrogens with zero attached hydrogens (tertiary/aromatic N) is 1. The highest BCUT2D eigenvalue weighted by molar-refractivity contribution is 5.98. The average Bonchev–Trinajstić information content (AvgIpc) is 2.56. The molecule has 5 nitrogen and oxygen atoms in total. The normalized spacial score (nSPS) is 14.3. The van der Waals surface area contributed by atoms with Crippen LogP contribution in [-0.4, -0.2) is 24.2 Å². The first kappa shape index (κ1) is 20.0. The van der Waals surface area contributed by atoms with Gasteiger partial charge in [-0.05, 0) is 45.7 Å². The minimum Gasteiger partial charge on any atom is -0.491 e. The van der Waals surface area contributed by atoms with E-state index < -0.39 is 5.60 Å². The van der Waals surface area contributed by atoms with Gasteiger partial charge in [0.05, 0.1) is 17.4 Å². The summed E-state index contributed by atoms with van der Waals surface area (Å²) in [5.41, 5.74) is -0.0530. The summed E-state index contributed by atoms with van der Waals surface area (Å²) < 4.78 is 11.4. The number of nitrogens with one attached hydrogen (secondary N) is 1. The first-order chi connectivity index (χ1) is 11.4. The van der Waals surface area contributed by atoms with E-state index in [1.54, 1.807) is 25.1 Å². The van der Waals surface area contributed by atoms with Crippen LogP contribution in [0.1, 0.15) is 59.4 Å². The van der Waals surface area contributed by atoms with Gasteiger partial charge in [0.2, 0.25) is 0 Å². The number of hydrogen-bond donors (Lipinski definition) is 1. The molecule has 0 unspecified atom stereocenters. The minimum atomic E-state index is -0.901. The molecule has 24 heavy (non-hydrogen) atoms. The minimum absolute atomic E-state index is 0.0720. The molecular weight excluding hydrogens is 304 g/mol. The number of rotatable bonds is 9. The van der Waals surface area contributed by atoms with Crippen LogP contribution in [0.15, 0.2) is 18.2 Å². The van der Waals surface area contributed by atoms with Gasteiger partial charge in [-0.25, -0.2) is 0 Å². The van der Waals surface area contributed by atoms with Gasteiger partial charge >= 0.3 is 0 Å². The van der Waals surface area contributed by atoms with E-state index >= 15 is 0 Å². The average molecular weight is 332 g/mol. The zero-order chi connectivity index (χ0) is 18.2. The van der Waals surface area contributed by atoms with Crippen molar-refractivity contribution in [1.29, 1.82) is 5.26 Å². The van der Waals surface area contributed by atoms with Gasteiger partial charge in [0.1, 0.15) is 17.4 Å². The van der Waals surface area contributed by atoms with Gasteiger partial charge < -0.3 is 14.8 Å². The van der Waals surface area contributed by atoms with Crippen molar-refractivity contribution in [1.82, 2.24) is 0 Å². The van der Waals surface area contributed by atoms with E-state index in [1.165, 1.54) is 0 Å². The summed E-state index contributed by atoms with van der Waals surface area (Å²) >= 11 is 0. The van der Waals surface area contributed by atoms with Crippen molar-refractivity contribution < 1.29 is 14.3 Å². The molecule has 0 fully saturated rings. The Hall–Kier alpha value is -2.06. The van der Waals surface area contributed by atoms with Crippen molar-refractivity contribution >= 4 is 11.6 Å². The fourth-order valence-corrected chi connectivity index (χ4v) is 2.42. The van der Waals surface area contributed by atoms with Crippen molar-refractivity contribution in [3.05, 3.63) is 23.8 Å². The van der Waals surface area contributed by atoms with E-state index in [9.17, 15) is 10.1 Å². The van der Waals surface area contributed by atoms with Crippen molar-refractivity contribution in [2.24, 2.45) is 0 Å². The Morgan fingerprint density at radius 1 is 1.38 bits per heavy atom. The van der Waals surface area contributed by atoms with Crippen LogP contribution in [0.2, 0.25) is 0 Å². The Morgan fingerprint density at radius 2 is 2.08 bits per heavy atom. The number of nitriles is 1. The van der Waals surface area contributed by atoms with Gasteiger partial charge in [-0.15, -0.1) is 0 Å². The van der Waals surface area contributed by atoms with Crippen LogP contribution in [0.5, 0.6) is 5.75 Å². The molecule has 1 aromatic carbocycles. The first-order valence-corrected chi connectivity index (χ1v) is 8.56. The fourth-order valence-electron chi connectivity index (χ4n) is 2.42. The van der Waals surface area contributed by atoms with Crippen LogP contribution >= 0.6 is 0 Å². The van der Waals surface area contributed by atoms with E-state index in [2.05, 4.69) is 11.4 Å². The molecule has 0 radical (unpaired) electrons. The molecule has 0 aromatic heterocycles. The van der Waals surface area contributed by atoms with Crippen LogP contribution in [0.4, 0.5) is 5.69 Å². The maximum absolute atomic E-state index is 12.6. The number of hydrogen-bond acceptors (Lipinski definition) is 4. The Labute approximate surface area is 145 Å². The molecule has 0 bridgehead atoms. The summed E-state index contributed by atoms with van der Waals surface area (Å²) in [4.78, 5) is 12.6. The monoisotopic (exact) mass is 332 g/mol. The van der Waals surface area contributed by atoms with Gasteiger partial charge in [-0.3, -0.25) is 4.79 Å². The lowest BCUT2D eigenvalue weighted by molar-refractivity contribution is -0.139. The molecule has 132 valence electrons. The van der Waals surface area contributed by atoms with Crippen LogP contribution in [0.3, 0.4) is 0 Å². The quantitative estimate of drug-likeness (QED) is 0.733. The zero-order valence-electron chi connectivity index (χ0n) is 15.3. The second kappa shape index (κ2) is 9.29. The summed E-state index contributed by atoms with van der Waals surface area (Å²) in [6.07, 6.45) is 2.40. The second-order valence-corrected chi connectivity index (χ2v) is 6.02. The predicted octanol–water partition coefficient (Wildman–Crippen LogP) is 4.27. The number of carbonyl (C=O) groups excluding carboxylic acids is 1. The summed E-state index contributed by atoms with van der Waals surface area (Å²) in [5.74, 6) is 0.387. The maximum atomic E-state index is 12.6. The summed E-state index contributed by atoms with van der Waals surface area (Å²) in [7, 11) is 0. The van der Waals surface area contributed by atoms with E-state index in [-0.39, 0.29) is 12.0 Å². The molecule has 0 saturated carbocycles. The standard InChI is InChI=1S/C19H28N2O3/c1-6-11-19(5,23-8-3)18(22)21-17-10-9-16(12-15(17)13-20)24-14(4)7-2/h9-10,12,14H,6-8,11H2,1-5H3,(H,21,22)/t14-,19+/m1/s1. The molecule has 0 aliphatic carbocycles. The lowest BCUT2D eigenvalue weighted by atomic mass is 9.98. The number of carbonyl (C=O) groups is 1. The molecule has 1 aromatic rings. The van der Waals surface area contributed by atoms with Gasteiger partial charge in [-0.1, -0.05) is 20.3 Å². The van der Waals surface area contributed by atoms with Crippen LogP contribution in [0, 0.1) is 11.3 Å². The number of benzene rings is 1. The van der Waals surface area contributed by atoms with Gasteiger partial charge in [0, 0.05) is 12.7 Å². The van der Waals surface area contributed by atoms with Crippen molar-refractivity contribution in [2.75, 3.05) is 11.9 Å². The lowest BCUT2D eigenvalue weighted by Gasteiger charge is -2.28. The molecule has 0 aliphatic heterocycles. The van der Waals surface area contributed by atoms with Crippen molar-refractivity contribution in [3.8, 4) is 11.8 Å². The summed E-state index contributed by atoms with van der Waals surface area (Å²) in [5, 5.41) is 12.2. The third-order valence-corrected chi connectivity index (χ3v) is 3.94. The molecule has 0 saturated heterocycles. The Balaban J connectivity index is 2.97. The van der Waals surface area contributed by atoms with E-state index in [4.69, 9.17) is 9.47 Å². The van der Waals surface area contributed by atoms with Gasteiger partial charge in [-0.2, -0.15) is 5.26 Å². The second-order valence-electron chi connectivity index (χ2n) is 6.02. The molecule has 0 aliphatic rings. The van der Waals surface area contributed by atoms with E-state index in [0.29, 0.717) is 30.0 Å². The third kappa shape index (κ3) is 5.24. The van der Waals surface area contributed by atoms with Crippen molar-refractivity contribution in [3.63, 3.8) is 0 Å². The predicted molar refractivity (Wildman–Crippen MR) is 95.1 cm³/mol. The Kier molecular flexibility index (Phi) is 7.73. The topological polar surface area (TPSA) is 71.3 Å². The number of anilines is 1. The Morgan fingerprint density at radius 3 is 2.62 bits per heavy atom. The molecule has 5 heteroatoms. The summed E-state index contributed by atoms with van der Waals surface area (Å²) in [6, 6.07) is 7.23. The van der Waals surface area contributed by atoms with Crippen LogP contribution < -0.4 is 10.1 Å². The third-order valence-electron chi connectivity index (χ3n) is 3.94. The smallest absolute Gasteiger partial charge is 0.256 e. The van der Waals surface area contributed by atoms with Gasteiger partial charge in [0.25, 0.3) is 5.91 Å². The van der Waals surface area contributed by atoms with Crippen LogP contribution in [0.25, 0.3) is 0 Å². The molecule has 1 rings (SSSR count). The molecule has 0 heterocycles. The fraction of sp³-hybridized carbons (Fsp3) is 0.579. The highest BCUT2D eigenvalue weighted by atomic mass is 16.5. The highest BCUT2D eigenvalue weighted by Crippen LogP contribution is 2.26. The molecular formula is C19H28N2O3. The van der Waals surface area contributed by atoms with Gasteiger partial charge in [0.15, 0.2) is 0 Å². The molecule has 2 atom stereocenters. The van der Waals surface area contributed by atoms with Crippen LogP contribution in [-0.2, 0) is 9.53 Å². The highest BCUT2D eigenvalue weighted by Gasteiger charge is 2.33. The SMILES string of the molecule is CCC[C@](C)(OCC)C(=O)Nc1ccc(O[C@H](C)CC)cc1C#N. The first-order valence-electron chi connectivity index (χ1n) is 8.56. The Bertz CT molecular complexity index is 587. The van der Waals surface area contributed by atoms with E-state index in [0.717, 1.165) is 12.8 Å². The van der Waals surface area contributed by atoms with E-state index in [1.807, 2.05) is 27.7 Å². The number of amides is 1. The lowest BCUT2D eigenvalue weighted by Crippen LogP contribution is -2.42. The maximum Gasteiger partial charge on any atom is 0.256 e.